The van der Waals surface area contributed by atoms with Gasteiger partial charge in [0.2, 0.25) is 11.8 Å². The summed E-state index contributed by atoms with van der Waals surface area (Å²) in [5.41, 5.74) is 12.3. The molecule has 0 saturated heterocycles. The number of anilines is 1. The van der Waals surface area contributed by atoms with Gasteiger partial charge < -0.3 is 21.7 Å². The largest absolute Gasteiger partial charge is 0.368 e. The topological polar surface area (TPSA) is 101 Å². The summed E-state index contributed by atoms with van der Waals surface area (Å²) < 4.78 is 0.923. The predicted octanol–water partition coefficient (Wildman–Crippen LogP) is 0.478. The molecule has 2 amide bonds. The zero-order chi connectivity index (χ0) is 15.4. The number of rotatable bonds is 8. The van der Waals surface area contributed by atoms with E-state index in [1.54, 1.807) is 4.90 Å². The van der Waals surface area contributed by atoms with E-state index < -0.39 is 11.8 Å². The summed E-state index contributed by atoms with van der Waals surface area (Å²) in [5.74, 6) is -1.02. The van der Waals surface area contributed by atoms with Crippen LogP contribution >= 0.6 is 15.9 Å². The van der Waals surface area contributed by atoms with Gasteiger partial charge in [0.15, 0.2) is 0 Å². The van der Waals surface area contributed by atoms with Crippen LogP contribution in [0.3, 0.4) is 0 Å². The van der Waals surface area contributed by atoms with Gasteiger partial charge in [-0.05, 0) is 30.5 Å². The van der Waals surface area contributed by atoms with E-state index in [4.69, 9.17) is 11.5 Å². The normalized spacial score (nSPS) is 14.0. The summed E-state index contributed by atoms with van der Waals surface area (Å²) in [6, 6.07) is 6.33. The summed E-state index contributed by atoms with van der Waals surface area (Å²) in [6.45, 7) is 0.696. The lowest BCUT2D eigenvalue weighted by molar-refractivity contribution is -0.117. The summed E-state index contributed by atoms with van der Waals surface area (Å²) in [6.07, 6.45) is 2.47. The van der Waals surface area contributed by atoms with Gasteiger partial charge in [-0.3, -0.25) is 9.59 Å². The highest BCUT2D eigenvalue weighted by Gasteiger charge is 2.20. The van der Waals surface area contributed by atoms with E-state index in [1.807, 2.05) is 18.2 Å². The summed E-state index contributed by atoms with van der Waals surface area (Å²) in [7, 11) is 0. The summed E-state index contributed by atoms with van der Waals surface area (Å²) in [5, 5.41) is 3.43. The first-order valence-electron chi connectivity index (χ1n) is 6.79. The molecular formula is C14H19BrN4O2. The fraction of sp³-hybridized carbons (Fsp3) is 0.429. The predicted molar refractivity (Wildman–Crippen MR) is 84.6 cm³/mol. The van der Waals surface area contributed by atoms with Gasteiger partial charge in [0.05, 0.1) is 13.1 Å². The summed E-state index contributed by atoms with van der Waals surface area (Å²) >= 11 is 3.52. The minimum Gasteiger partial charge on any atom is -0.368 e. The molecule has 0 aliphatic heterocycles. The molecule has 1 aromatic rings. The molecule has 0 atom stereocenters. The van der Waals surface area contributed by atoms with Gasteiger partial charge in [0.1, 0.15) is 0 Å². The molecular weight excluding hydrogens is 336 g/mol. The first-order valence-corrected chi connectivity index (χ1v) is 7.58. The Morgan fingerprint density at radius 1 is 1.24 bits per heavy atom. The highest BCUT2D eigenvalue weighted by atomic mass is 79.9. The second kappa shape index (κ2) is 6.91. The van der Waals surface area contributed by atoms with Crippen molar-refractivity contribution in [3.63, 3.8) is 0 Å². The Hall–Kier alpha value is -1.60. The van der Waals surface area contributed by atoms with Gasteiger partial charge in [-0.1, -0.05) is 22.0 Å². The smallest absolute Gasteiger partial charge is 0.236 e. The maximum absolute atomic E-state index is 11.1. The van der Waals surface area contributed by atoms with Crippen LogP contribution in [0.4, 0.5) is 5.69 Å². The molecule has 7 heteroatoms. The monoisotopic (exact) mass is 354 g/mol. The van der Waals surface area contributed by atoms with Crippen molar-refractivity contribution in [3.05, 3.63) is 28.2 Å². The highest BCUT2D eigenvalue weighted by molar-refractivity contribution is 9.10. The first kappa shape index (κ1) is 15.8. The number of hydrogen-bond donors (Lipinski definition) is 3. The Balaban J connectivity index is 2.10. The van der Waals surface area contributed by atoms with Crippen LogP contribution in [0.15, 0.2) is 22.7 Å². The standard InChI is InChI=1S/C14H19BrN4O2/c15-12-5-11(19(7-13(16)20)8-14(17)21)4-1-9(12)6-18-10-2-3-10/h1,4-5,10,18H,2-3,6-8H2,(H2,16,20)(H2,17,21). The quantitative estimate of drug-likeness (QED) is 0.631. The van der Waals surface area contributed by atoms with Gasteiger partial charge in [0, 0.05) is 22.7 Å². The van der Waals surface area contributed by atoms with E-state index in [0.717, 1.165) is 22.3 Å². The van der Waals surface area contributed by atoms with Gasteiger partial charge >= 0.3 is 0 Å². The molecule has 1 fully saturated rings. The second-order valence-electron chi connectivity index (χ2n) is 5.22. The van der Waals surface area contributed by atoms with Crippen LogP contribution in [-0.2, 0) is 16.1 Å². The third-order valence-corrected chi connectivity index (χ3v) is 3.99. The minimum atomic E-state index is -0.508. The maximum atomic E-state index is 11.1. The number of primary amides is 2. The lowest BCUT2D eigenvalue weighted by atomic mass is 10.2. The number of nitrogens with two attached hydrogens (primary N) is 2. The van der Waals surface area contributed by atoms with E-state index >= 15 is 0 Å². The Morgan fingerprint density at radius 2 is 1.86 bits per heavy atom. The molecule has 0 heterocycles. The molecule has 5 N–H and O–H groups in total. The van der Waals surface area contributed by atoms with Gasteiger partial charge in [-0.2, -0.15) is 0 Å². The number of carbonyl (C=O) groups excluding carboxylic acids is 2. The molecule has 0 aromatic heterocycles. The van der Waals surface area contributed by atoms with E-state index in [-0.39, 0.29) is 13.1 Å². The Kier molecular flexibility index (Phi) is 5.19. The van der Waals surface area contributed by atoms with Crippen molar-refractivity contribution >= 4 is 33.4 Å². The summed E-state index contributed by atoms with van der Waals surface area (Å²) in [4.78, 5) is 23.8. The van der Waals surface area contributed by atoms with Crippen LogP contribution in [-0.4, -0.2) is 30.9 Å². The number of nitrogens with zero attached hydrogens (tertiary/aromatic N) is 1. The van der Waals surface area contributed by atoms with Crippen molar-refractivity contribution in [2.24, 2.45) is 11.5 Å². The number of benzene rings is 1. The maximum Gasteiger partial charge on any atom is 0.236 e. The third-order valence-electron chi connectivity index (χ3n) is 3.25. The number of halogens is 1. The van der Waals surface area contributed by atoms with Crippen LogP contribution in [0.5, 0.6) is 0 Å². The molecule has 1 saturated carbocycles. The molecule has 0 spiro atoms. The average Bonchev–Trinajstić information content (AvgIpc) is 3.19. The number of carbonyl (C=O) groups is 2. The van der Waals surface area contributed by atoms with Crippen molar-refractivity contribution in [2.75, 3.05) is 18.0 Å². The molecule has 2 rings (SSSR count). The number of nitrogens with one attached hydrogen (secondary N) is 1. The molecule has 0 bridgehead atoms. The van der Waals surface area contributed by atoms with E-state index in [1.165, 1.54) is 12.8 Å². The van der Waals surface area contributed by atoms with Crippen LogP contribution in [0, 0.1) is 0 Å². The molecule has 1 aromatic carbocycles. The minimum absolute atomic E-state index is 0.0466. The van der Waals surface area contributed by atoms with E-state index in [0.29, 0.717) is 6.04 Å². The van der Waals surface area contributed by atoms with Crippen LogP contribution in [0.25, 0.3) is 0 Å². The Labute approximate surface area is 132 Å². The molecule has 1 aliphatic rings. The van der Waals surface area contributed by atoms with E-state index in [2.05, 4.69) is 21.2 Å². The average molecular weight is 355 g/mol. The lowest BCUT2D eigenvalue weighted by Gasteiger charge is -2.22. The molecule has 0 radical (unpaired) electrons. The van der Waals surface area contributed by atoms with Gasteiger partial charge in [-0.15, -0.1) is 0 Å². The number of amides is 2. The fourth-order valence-corrected chi connectivity index (χ4v) is 2.54. The number of hydrogen-bond acceptors (Lipinski definition) is 4. The fourth-order valence-electron chi connectivity index (χ4n) is 2.03. The molecule has 1 aliphatic carbocycles. The van der Waals surface area contributed by atoms with Gasteiger partial charge in [0.25, 0.3) is 0 Å². The van der Waals surface area contributed by atoms with Gasteiger partial charge in [-0.25, -0.2) is 0 Å². The van der Waals surface area contributed by atoms with Crippen LogP contribution < -0.4 is 21.7 Å². The van der Waals surface area contributed by atoms with Crippen molar-refractivity contribution < 1.29 is 9.59 Å². The van der Waals surface area contributed by atoms with Crippen molar-refractivity contribution in [1.29, 1.82) is 0 Å². The lowest BCUT2D eigenvalue weighted by Crippen LogP contribution is -2.39. The highest BCUT2D eigenvalue weighted by Crippen LogP contribution is 2.26. The first-order chi connectivity index (χ1) is 9.95. The molecule has 21 heavy (non-hydrogen) atoms. The zero-order valence-electron chi connectivity index (χ0n) is 11.6. The van der Waals surface area contributed by atoms with E-state index in [9.17, 15) is 9.59 Å². The van der Waals surface area contributed by atoms with Crippen LogP contribution in [0.1, 0.15) is 18.4 Å². The SMILES string of the molecule is NC(=O)CN(CC(N)=O)c1ccc(CNC2CC2)c(Br)c1. The Bertz CT molecular complexity index is 530. The van der Waals surface area contributed by atoms with Crippen LogP contribution in [0.2, 0.25) is 0 Å². The Morgan fingerprint density at radius 3 is 2.33 bits per heavy atom. The zero-order valence-corrected chi connectivity index (χ0v) is 13.2. The van der Waals surface area contributed by atoms with Crippen molar-refractivity contribution in [3.8, 4) is 0 Å². The van der Waals surface area contributed by atoms with Crippen molar-refractivity contribution in [2.45, 2.75) is 25.4 Å². The third kappa shape index (κ3) is 5.02. The van der Waals surface area contributed by atoms with Crippen molar-refractivity contribution in [1.82, 2.24) is 5.32 Å². The molecule has 114 valence electrons. The second-order valence-corrected chi connectivity index (χ2v) is 6.07. The molecule has 0 unspecified atom stereocenters. The molecule has 6 nitrogen and oxygen atoms in total.